The molecule has 0 aliphatic heterocycles. The van der Waals surface area contributed by atoms with Gasteiger partial charge in [-0.05, 0) is 36.9 Å². The first kappa shape index (κ1) is 16.8. The molecule has 2 aromatic heterocycles. The van der Waals surface area contributed by atoms with Gasteiger partial charge in [-0.25, -0.2) is 9.18 Å². The number of allylic oxidation sites excluding steroid dienone is 1. The van der Waals surface area contributed by atoms with Crippen LogP contribution in [0.2, 0.25) is 0 Å². The maximum Gasteiger partial charge on any atom is 0.350 e. The van der Waals surface area contributed by atoms with Crippen molar-refractivity contribution in [2.75, 3.05) is 0 Å². The summed E-state index contributed by atoms with van der Waals surface area (Å²) in [6.07, 6.45) is 1.50. The number of pyridine rings is 1. The van der Waals surface area contributed by atoms with Crippen LogP contribution in [0.5, 0.6) is 0 Å². The first-order valence-electron chi connectivity index (χ1n) is 7.69. The van der Waals surface area contributed by atoms with Crippen molar-refractivity contribution < 1.29 is 9.50 Å². The fourth-order valence-electron chi connectivity index (χ4n) is 2.81. The number of aromatic nitrogens is 4. The number of rotatable bonds is 4. The van der Waals surface area contributed by atoms with Gasteiger partial charge in [0, 0.05) is 18.3 Å². The molecule has 0 atom stereocenters. The van der Waals surface area contributed by atoms with E-state index >= 15 is 0 Å². The van der Waals surface area contributed by atoms with Gasteiger partial charge in [0.25, 0.3) is 5.56 Å². The summed E-state index contributed by atoms with van der Waals surface area (Å²) in [7, 11) is 0. The molecule has 0 unspecified atom stereocenters. The minimum Gasteiger partial charge on any atom is -0.388 e. The van der Waals surface area contributed by atoms with Crippen LogP contribution in [0.15, 0.2) is 34.5 Å². The second-order valence-electron chi connectivity index (χ2n) is 5.67. The third kappa shape index (κ3) is 2.60. The molecule has 25 heavy (non-hydrogen) atoms. The molecule has 2 heterocycles. The molecule has 130 valence electrons. The van der Waals surface area contributed by atoms with E-state index in [1.807, 2.05) is 0 Å². The van der Waals surface area contributed by atoms with E-state index in [4.69, 9.17) is 0 Å². The molecule has 1 aromatic carbocycles. The Bertz CT molecular complexity index is 1110. The molecule has 3 aromatic rings. The minimum atomic E-state index is -0.760. The third-order valence-corrected chi connectivity index (χ3v) is 4.05. The quantitative estimate of drug-likeness (QED) is 0.751. The van der Waals surface area contributed by atoms with Gasteiger partial charge in [0.1, 0.15) is 18.1 Å². The van der Waals surface area contributed by atoms with E-state index in [-0.39, 0.29) is 16.9 Å². The van der Waals surface area contributed by atoms with E-state index in [0.29, 0.717) is 23.1 Å². The van der Waals surface area contributed by atoms with Gasteiger partial charge in [-0.1, -0.05) is 6.58 Å². The summed E-state index contributed by atoms with van der Waals surface area (Å²) in [6.45, 7) is 7.19. The Hall–Kier alpha value is -3.00. The number of aliphatic hydroxyl groups is 1. The van der Waals surface area contributed by atoms with Crippen molar-refractivity contribution in [1.29, 1.82) is 0 Å². The standard InChI is InChI=1S/C17H17FN4O3/c1-4-21-15(8-23)20-22(17(21)25)14-6-10-11(5-13(14)18)16(24)19-7-12(10)9(2)3/h5-7,23H,2,4,8H2,1,3H3,(H,19,24). The van der Waals surface area contributed by atoms with Crippen LogP contribution in [-0.4, -0.2) is 24.4 Å². The SMILES string of the molecule is C=C(C)c1c[nH]c(=O)c2cc(F)c(-n3nc(CO)n(CC)c3=O)cc12. The van der Waals surface area contributed by atoms with Crippen LogP contribution in [0.25, 0.3) is 22.0 Å². The van der Waals surface area contributed by atoms with E-state index in [1.165, 1.54) is 16.8 Å². The van der Waals surface area contributed by atoms with Gasteiger partial charge in [0.15, 0.2) is 5.82 Å². The molecule has 2 N–H and O–H groups in total. The summed E-state index contributed by atoms with van der Waals surface area (Å²) in [5.41, 5.74) is 0.231. The monoisotopic (exact) mass is 344 g/mol. The number of aliphatic hydroxyl groups excluding tert-OH is 1. The molecule has 0 spiro atoms. The number of nitrogens with zero attached hydrogens (tertiary/aromatic N) is 3. The zero-order chi connectivity index (χ0) is 18.3. The van der Waals surface area contributed by atoms with Gasteiger partial charge in [-0.15, -0.1) is 5.10 Å². The van der Waals surface area contributed by atoms with E-state index in [2.05, 4.69) is 16.7 Å². The highest BCUT2D eigenvalue weighted by molar-refractivity contribution is 5.93. The van der Waals surface area contributed by atoms with E-state index in [0.717, 1.165) is 10.7 Å². The number of fused-ring (bicyclic) bond motifs is 1. The zero-order valence-electron chi connectivity index (χ0n) is 13.8. The molecule has 7 nitrogen and oxygen atoms in total. The Morgan fingerprint density at radius 2 is 2.08 bits per heavy atom. The third-order valence-electron chi connectivity index (χ3n) is 4.05. The molecule has 3 rings (SSSR count). The average molecular weight is 344 g/mol. The summed E-state index contributed by atoms with van der Waals surface area (Å²) in [5.74, 6) is -0.623. The van der Waals surface area contributed by atoms with E-state index < -0.39 is 23.7 Å². The fourth-order valence-corrected chi connectivity index (χ4v) is 2.81. The van der Waals surface area contributed by atoms with Crippen LogP contribution in [-0.2, 0) is 13.2 Å². The van der Waals surface area contributed by atoms with Crippen LogP contribution in [0, 0.1) is 5.82 Å². The number of H-pyrrole nitrogens is 1. The van der Waals surface area contributed by atoms with Crippen LogP contribution in [0.4, 0.5) is 4.39 Å². The lowest BCUT2D eigenvalue weighted by molar-refractivity contribution is 0.264. The zero-order valence-corrected chi connectivity index (χ0v) is 13.8. The first-order valence-corrected chi connectivity index (χ1v) is 7.69. The molecule has 0 bridgehead atoms. The molecule has 0 aliphatic rings. The fraction of sp³-hybridized carbons (Fsp3) is 0.235. The molecule has 0 aliphatic carbocycles. The van der Waals surface area contributed by atoms with Crippen LogP contribution < -0.4 is 11.2 Å². The number of hydrogen-bond acceptors (Lipinski definition) is 4. The van der Waals surface area contributed by atoms with Crippen molar-refractivity contribution in [1.82, 2.24) is 19.3 Å². The highest BCUT2D eigenvalue weighted by atomic mass is 19.1. The molecule has 0 saturated carbocycles. The summed E-state index contributed by atoms with van der Waals surface area (Å²) in [6, 6.07) is 2.48. The van der Waals surface area contributed by atoms with Crippen molar-refractivity contribution in [3.8, 4) is 5.69 Å². The van der Waals surface area contributed by atoms with E-state index in [9.17, 15) is 19.1 Å². The van der Waals surface area contributed by atoms with Gasteiger partial charge in [0.05, 0.1) is 5.39 Å². The Labute approximate surface area is 141 Å². The average Bonchev–Trinajstić information content (AvgIpc) is 2.90. The molecular weight excluding hydrogens is 327 g/mol. The number of benzene rings is 1. The molecular formula is C17H17FN4O3. The Morgan fingerprint density at radius 1 is 1.36 bits per heavy atom. The lowest BCUT2D eigenvalue weighted by atomic mass is 10.0. The molecule has 0 saturated heterocycles. The van der Waals surface area contributed by atoms with Gasteiger partial charge >= 0.3 is 5.69 Å². The van der Waals surface area contributed by atoms with Gasteiger partial charge < -0.3 is 10.1 Å². The number of nitrogens with one attached hydrogen (secondary N) is 1. The lowest BCUT2D eigenvalue weighted by Crippen LogP contribution is -2.24. The Balaban J connectivity index is 2.39. The molecule has 0 radical (unpaired) electrons. The van der Waals surface area contributed by atoms with Crippen LogP contribution in [0.1, 0.15) is 25.2 Å². The highest BCUT2D eigenvalue weighted by Crippen LogP contribution is 2.25. The predicted octanol–water partition coefficient (Wildman–Crippen LogP) is 1.56. The van der Waals surface area contributed by atoms with Crippen molar-refractivity contribution in [2.24, 2.45) is 0 Å². The van der Waals surface area contributed by atoms with Crippen LogP contribution >= 0.6 is 0 Å². The molecule has 8 heteroatoms. The second kappa shape index (κ2) is 6.14. The maximum atomic E-state index is 14.6. The lowest BCUT2D eigenvalue weighted by Gasteiger charge is -2.09. The Kier molecular flexibility index (Phi) is 4.13. The summed E-state index contributed by atoms with van der Waals surface area (Å²) in [5, 5.41) is 14.0. The summed E-state index contributed by atoms with van der Waals surface area (Å²) >= 11 is 0. The summed E-state index contributed by atoms with van der Waals surface area (Å²) < 4.78 is 16.7. The predicted molar refractivity (Wildman–Crippen MR) is 92.2 cm³/mol. The normalized spacial score (nSPS) is 11.2. The smallest absolute Gasteiger partial charge is 0.350 e. The highest BCUT2D eigenvalue weighted by Gasteiger charge is 2.18. The number of aromatic amines is 1. The van der Waals surface area contributed by atoms with E-state index in [1.54, 1.807) is 13.8 Å². The van der Waals surface area contributed by atoms with Gasteiger partial charge in [-0.2, -0.15) is 4.68 Å². The van der Waals surface area contributed by atoms with Crippen molar-refractivity contribution in [3.63, 3.8) is 0 Å². The number of hydrogen-bond donors (Lipinski definition) is 2. The summed E-state index contributed by atoms with van der Waals surface area (Å²) in [4.78, 5) is 27.0. The van der Waals surface area contributed by atoms with Gasteiger partial charge in [-0.3, -0.25) is 9.36 Å². The first-order chi connectivity index (χ1) is 11.9. The van der Waals surface area contributed by atoms with Crippen molar-refractivity contribution >= 4 is 16.3 Å². The largest absolute Gasteiger partial charge is 0.388 e. The van der Waals surface area contributed by atoms with Crippen molar-refractivity contribution in [2.45, 2.75) is 27.0 Å². The van der Waals surface area contributed by atoms with Gasteiger partial charge in [0.2, 0.25) is 0 Å². The maximum absolute atomic E-state index is 14.6. The topological polar surface area (TPSA) is 92.9 Å². The Morgan fingerprint density at radius 3 is 2.64 bits per heavy atom. The number of halogens is 1. The van der Waals surface area contributed by atoms with Crippen molar-refractivity contribution in [3.05, 3.63) is 63.0 Å². The molecule has 0 fully saturated rings. The molecule has 0 amide bonds. The minimum absolute atomic E-state index is 0.0903. The van der Waals surface area contributed by atoms with Crippen LogP contribution in [0.3, 0.4) is 0 Å². The second-order valence-corrected chi connectivity index (χ2v) is 5.67.